The van der Waals surface area contributed by atoms with Crippen LogP contribution < -0.4 is 10.2 Å². The molecule has 0 aliphatic carbocycles. The standard InChI is InChI=1S/C15H20N2O2/c1-10(18)17-8-7-11-9-12(5-6-13(11)17)16-14(19)15(2,3)4/h5-6,9H,7-8H2,1-4H3,(H,16,19). The number of amides is 2. The number of carbonyl (C=O) groups excluding carboxylic acids is 2. The van der Waals surface area contributed by atoms with Crippen LogP contribution in [0.15, 0.2) is 18.2 Å². The Labute approximate surface area is 113 Å². The van der Waals surface area contributed by atoms with E-state index in [0.29, 0.717) is 0 Å². The van der Waals surface area contributed by atoms with Gasteiger partial charge in [-0.25, -0.2) is 0 Å². The number of nitrogens with zero attached hydrogens (tertiary/aromatic N) is 1. The van der Waals surface area contributed by atoms with Gasteiger partial charge in [-0.2, -0.15) is 0 Å². The summed E-state index contributed by atoms with van der Waals surface area (Å²) in [5.41, 5.74) is 2.46. The Kier molecular flexibility index (Phi) is 3.35. The van der Waals surface area contributed by atoms with Gasteiger partial charge in [-0.3, -0.25) is 9.59 Å². The molecule has 1 aliphatic rings. The summed E-state index contributed by atoms with van der Waals surface area (Å²) in [7, 11) is 0. The molecule has 4 nitrogen and oxygen atoms in total. The van der Waals surface area contributed by atoms with Gasteiger partial charge in [-0.15, -0.1) is 0 Å². The average molecular weight is 260 g/mol. The number of benzene rings is 1. The third kappa shape index (κ3) is 2.78. The third-order valence-corrected chi connectivity index (χ3v) is 3.29. The van der Waals surface area contributed by atoms with Crippen LogP contribution in [-0.4, -0.2) is 18.4 Å². The number of fused-ring (bicyclic) bond motifs is 1. The van der Waals surface area contributed by atoms with E-state index >= 15 is 0 Å². The number of nitrogens with one attached hydrogen (secondary N) is 1. The van der Waals surface area contributed by atoms with Crippen LogP contribution in [0.5, 0.6) is 0 Å². The minimum atomic E-state index is -0.412. The molecule has 1 N–H and O–H groups in total. The van der Waals surface area contributed by atoms with Gasteiger partial charge in [0.05, 0.1) is 0 Å². The molecule has 0 fully saturated rings. The fourth-order valence-corrected chi connectivity index (χ4v) is 2.13. The van der Waals surface area contributed by atoms with E-state index in [1.54, 1.807) is 11.8 Å². The highest BCUT2D eigenvalue weighted by Gasteiger charge is 2.24. The summed E-state index contributed by atoms with van der Waals surface area (Å²) in [6.45, 7) is 7.94. The number of rotatable bonds is 1. The van der Waals surface area contributed by atoms with Crippen LogP contribution in [0.4, 0.5) is 11.4 Å². The zero-order valence-corrected chi connectivity index (χ0v) is 11.9. The van der Waals surface area contributed by atoms with E-state index in [1.165, 1.54) is 0 Å². The first-order chi connectivity index (χ1) is 8.79. The minimum absolute atomic E-state index is 0.00568. The molecule has 4 heteroatoms. The van der Waals surface area contributed by atoms with E-state index in [2.05, 4.69) is 5.32 Å². The Hall–Kier alpha value is -1.84. The fraction of sp³-hybridized carbons (Fsp3) is 0.467. The summed E-state index contributed by atoms with van der Waals surface area (Å²) in [6.07, 6.45) is 0.841. The molecule has 0 atom stereocenters. The fourth-order valence-electron chi connectivity index (χ4n) is 2.13. The molecule has 0 radical (unpaired) electrons. The number of hydrogen-bond donors (Lipinski definition) is 1. The van der Waals surface area contributed by atoms with Crippen LogP contribution in [0.2, 0.25) is 0 Å². The van der Waals surface area contributed by atoms with E-state index in [0.717, 1.165) is 29.9 Å². The first-order valence-corrected chi connectivity index (χ1v) is 6.51. The van der Waals surface area contributed by atoms with Crippen molar-refractivity contribution < 1.29 is 9.59 Å². The van der Waals surface area contributed by atoms with Crippen LogP contribution >= 0.6 is 0 Å². The van der Waals surface area contributed by atoms with E-state index in [9.17, 15) is 9.59 Å². The Morgan fingerprint density at radius 3 is 2.53 bits per heavy atom. The van der Waals surface area contributed by atoms with Gasteiger partial charge >= 0.3 is 0 Å². The lowest BCUT2D eigenvalue weighted by molar-refractivity contribution is -0.123. The predicted octanol–water partition coefficient (Wildman–Crippen LogP) is 2.58. The second-order valence-electron chi connectivity index (χ2n) is 5.97. The predicted molar refractivity (Wildman–Crippen MR) is 76.3 cm³/mol. The largest absolute Gasteiger partial charge is 0.326 e. The van der Waals surface area contributed by atoms with Gasteiger partial charge in [-0.1, -0.05) is 20.8 Å². The maximum Gasteiger partial charge on any atom is 0.229 e. The SMILES string of the molecule is CC(=O)N1CCc2cc(NC(=O)C(C)(C)C)ccc21. The summed E-state index contributed by atoms with van der Waals surface area (Å²) in [6, 6.07) is 5.72. The second kappa shape index (κ2) is 4.68. The average Bonchev–Trinajstić information content (AvgIpc) is 2.70. The highest BCUT2D eigenvalue weighted by atomic mass is 16.2. The van der Waals surface area contributed by atoms with E-state index in [-0.39, 0.29) is 11.8 Å². The molecule has 0 aromatic heterocycles. The highest BCUT2D eigenvalue weighted by molar-refractivity contribution is 5.97. The van der Waals surface area contributed by atoms with Gasteiger partial charge < -0.3 is 10.2 Å². The van der Waals surface area contributed by atoms with Crippen molar-refractivity contribution in [3.63, 3.8) is 0 Å². The summed E-state index contributed by atoms with van der Waals surface area (Å²) in [4.78, 5) is 25.2. The van der Waals surface area contributed by atoms with Gasteiger partial charge in [-0.05, 0) is 30.2 Å². The van der Waals surface area contributed by atoms with Gasteiger partial charge in [0.2, 0.25) is 11.8 Å². The summed E-state index contributed by atoms with van der Waals surface area (Å²) < 4.78 is 0. The van der Waals surface area contributed by atoms with Crippen molar-refractivity contribution in [2.75, 3.05) is 16.8 Å². The van der Waals surface area contributed by atoms with Crippen LogP contribution in [-0.2, 0) is 16.0 Å². The molecule has 1 aromatic rings. The highest BCUT2D eigenvalue weighted by Crippen LogP contribution is 2.31. The van der Waals surface area contributed by atoms with Crippen molar-refractivity contribution in [3.8, 4) is 0 Å². The third-order valence-electron chi connectivity index (χ3n) is 3.29. The number of anilines is 2. The van der Waals surface area contributed by atoms with Crippen molar-refractivity contribution in [2.24, 2.45) is 5.41 Å². The molecule has 1 heterocycles. The van der Waals surface area contributed by atoms with Gasteiger partial charge in [0, 0.05) is 30.3 Å². The first kappa shape index (κ1) is 13.6. The van der Waals surface area contributed by atoms with Crippen LogP contribution in [0.3, 0.4) is 0 Å². The van der Waals surface area contributed by atoms with Gasteiger partial charge in [0.15, 0.2) is 0 Å². The van der Waals surface area contributed by atoms with Crippen LogP contribution in [0.25, 0.3) is 0 Å². The molecule has 19 heavy (non-hydrogen) atoms. The molecule has 0 saturated carbocycles. The molecule has 1 aromatic carbocycles. The monoisotopic (exact) mass is 260 g/mol. The lowest BCUT2D eigenvalue weighted by Crippen LogP contribution is -2.27. The topological polar surface area (TPSA) is 49.4 Å². The lowest BCUT2D eigenvalue weighted by Gasteiger charge is -2.19. The van der Waals surface area contributed by atoms with E-state index in [1.807, 2.05) is 39.0 Å². The number of carbonyl (C=O) groups is 2. The molecule has 102 valence electrons. The zero-order valence-electron chi connectivity index (χ0n) is 11.9. The first-order valence-electron chi connectivity index (χ1n) is 6.51. The number of hydrogen-bond acceptors (Lipinski definition) is 2. The summed E-state index contributed by atoms with van der Waals surface area (Å²) in [5, 5.41) is 2.91. The maximum atomic E-state index is 11.9. The molecule has 1 aliphatic heterocycles. The maximum absolute atomic E-state index is 11.9. The van der Waals surface area contributed by atoms with E-state index in [4.69, 9.17) is 0 Å². The zero-order chi connectivity index (χ0) is 14.2. The Balaban J connectivity index is 2.20. The molecular formula is C15H20N2O2. The minimum Gasteiger partial charge on any atom is -0.326 e. The lowest BCUT2D eigenvalue weighted by atomic mass is 9.95. The Morgan fingerprint density at radius 1 is 1.26 bits per heavy atom. The van der Waals surface area contributed by atoms with Crippen molar-refractivity contribution in [1.29, 1.82) is 0 Å². The smallest absolute Gasteiger partial charge is 0.229 e. The van der Waals surface area contributed by atoms with Crippen molar-refractivity contribution >= 4 is 23.2 Å². The van der Waals surface area contributed by atoms with E-state index < -0.39 is 5.41 Å². The van der Waals surface area contributed by atoms with Crippen LogP contribution in [0, 0.1) is 5.41 Å². The van der Waals surface area contributed by atoms with Crippen molar-refractivity contribution in [2.45, 2.75) is 34.1 Å². The van der Waals surface area contributed by atoms with Gasteiger partial charge in [0.1, 0.15) is 0 Å². The quantitative estimate of drug-likeness (QED) is 0.843. The molecule has 0 spiro atoms. The summed E-state index contributed by atoms with van der Waals surface area (Å²) >= 11 is 0. The van der Waals surface area contributed by atoms with Crippen LogP contribution in [0.1, 0.15) is 33.3 Å². The normalized spacial score (nSPS) is 14.2. The Morgan fingerprint density at radius 2 is 1.95 bits per heavy atom. The van der Waals surface area contributed by atoms with Crippen molar-refractivity contribution in [3.05, 3.63) is 23.8 Å². The molecule has 0 saturated heterocycles. The van der Waals surface area contributed by atoms with Gasteiger partial charge in [0.25, 0.3) is 0 Å². The molecule has 0 unspecified atom stereocenters. The van der Waals surface area contributed by atoms with Crippen molar-refractivity contribution in [1.82, 2.24) is 0 Å². The molecular weight excluding hydrogens is 240 g/mol. The molecule has 2 rings (SSSR count). The molecule has 0 bridgehead atoms. The summed E-state index contributed by atoms with van der Waals surface area (Å²) in [5.74, 6) is 0.0547. The molecule has 2 amide bonds. The Bertz CT molecular complexity index is 529. The second-order valence-corrected chi connectivity index (χ2v) is 5.97.